The molecule has 0 spiro atoms. The molecular formula is C39H32N2O4. The van der Waals surface area contributed by atoms with E-state index in [1.54, 1.807) is 6.07 Å². The van der Waals surface area contributed by atoms with Gasteiger partial charge in [-0.1, -0.05) is 30.4 Å². The Morgan fingerprint density at radius 2 is 1.49 bits per heavy atom. The van der Waals surface area contributed by atoms with Crippen LogP contribution in [0, 0.1) is 13.8 Å². The number of anilines is 2. The maximum absolute atomic E-state index is 14.1. The molecule has 6 nitrogen and oxygen atoms in total. The van der Waals surface area contributed by atoms with Crippen LogP contribution in [0.2, 0.25) is 0 Å². The van der Waals surface area contributed by atoms with Gasteiger partial charge in [-0.2, -0.15) is 0 Å². The van der Waals surface area contributed by atoms with Crippen LogP contribution in [0.5, 0.6) is 0 Å². The number of carbonyl (C=O) groups excluding carboxylic acids is 1. The number of fused-ring (bicyclic) bond motifs is 3. The van der Waals surface area contributed by atoms with E-state index in [0.717, 1.165) is 62.2 Å². The Hall–Kier alpha value is -5.62. The summed E-state index contributed by atoms with van der Waals surface area (Å²) in [5.41, 5.74) is 8.12. The van der Waals surface area contributed by atoms with E-state index in [2.05, 4.69) is 6.07 Å². The Morgan fingerprint density at radius 3 is 2.24 bits per heavy atom. The van der Waals surface area contributed by atoms with E-state index in [1.807, 2.05) is 129 Å². The molecule has 4 aromatic carbocycles. The van der Waals surface area contributed by atoms with Gasteiger partial charge >= 0.3 is 0 Å². The van der Waals surface area contributed by atoms with Gasteiger partial charge < -0.3 is 18.3 Å². The van der Waals surface area contributed by atoms with Crippen molar-refractivity contribution in [3.63, 3.8) is 0 Å². The molecule has 45 heavy (non-hydrogen) atoms. The lowest BCUT2D eigenvalue weighted by Crippen LogP contribution is -2.16. The topological polar surface area (TPSA) is 68.6 Å². The van der Waals surface area contributed by atoms with Crippen molar-refractivity contribution in [2.24, 2.45) is 7.05 Å². The van der Waals surface area contributed by atoms with Crippen molar-refractivity contribution in [1.29, 1.82) is 0 Å². The molecule has 222 valence electrons. The van der Waals surface area contributed by atoms with Crippen LogP contribution in [0.25, 0.3) is 61.5 Å². The summed E-state index contributed by atoms with van der Waals surface area (Å²) in [5.74, 6) is 2.38. The molecule has 0 bridgehead atoms. The number of benzene rings is 4. The molecule has 0 saturated carbocycles. The number of hydrogen-bond acceptors (Lipinski definition) is 5. The van der Waals surface area contributed by atoms with Crippen molar-refractivity contribution in [3.05, 3.63) is 124 Å². The lowest BCUT2D eigenvalue weighted by molar-refractivity contribution is 0.112. The SMILES string of the molecule is C/C=C\c1cc(-c2ccc(N(C)c3cc4c(=O)c5cc(-c6cc7ccccc7o6)ccc5n(C)c4cc3C=O)c(C)c2)oc1C. The molecule has 3 heterocycles. The summed E-state index contributed by atoms with van der Waals surface area (Å²) in [6.07, 6.45) is 4.88. The predicted octanol–water partition coefficient (Wildman–Crippen LogP) is 9.60. The molecule has 0 aliphatic carbocycles. The molecule has 0 atom stereocenters. The van der Waals surface area contributed by atoms with Crippen LogP contribution in [0.3, 0.4) is 0 Å². The van der Waals surface area contributed by atoms with Gasteiger partial charge in [-0.05, 0) is 93.1 Å². The first kappa shape index (κ1) is 28.2. The number of carbonyl (C=O) groups is 1. The van der Waals surface area contributed by atoms with Crippen LogP contribution in [0.4, 0.5) is 11.4 Å². The van der Waals surface area contributed by atoms with Gasteiger partial charge in [0.15, 0.2) is 11.7 Å². The zero-order valence-corrected chi connectivity index (χ0v) is 25.8. The number of hydrogen-bond donors (Lipinski definition) is 0. The number of allylic oxidation sites excluding steroid dienone is 1. The molecule has 0 amide bonds. The largest absolute Gasteiger partial charge is 0.461 e. The van der Waals surface area contributed by atoms with Gasteiger partial charge in [-0.3, -0.25) is 9.59 Å². The van der Waals surface area contributed by atoms with Crippen molar-refractivity contribution < 1.29 is 13.6 Å². The number of furan rings is 2. The molecule has 7 aromatic rings. The highest BCUT2D eigenvalue weighted by molar-refractivity contribution is 6.01. The van der Waals surface area contributed by atoms with E-state index in [9.17, 15) is 9.59 Å². The van der Waals surface area contributed by atoms with Crippen molar-refractivity contribution in [2.75, 3.05) is 11.9 Å². The number of rotatable bonds is 6. The predicted molar refractivity (Wildman–Crippen MR) is 184 cm³/mol. The molecule has 0 N–H and O–H groups in total. The van der Waals surface area contributed by atoms with Crippen LogP contribution in [-0.2, 0) is 7.05 Å². The summed E-state index contributed by atoms with van der Waals surface area (Å²) in [6.45, 7) is 5.98. The highest BCUT2D eigenvalue weighted by Gasteiger charge is 2.19. The summed E-state index contributed by atoms with van der Waals surface area (Å²) in [4.78, 5) is 28.5. The molecule has 0 fully saturated rings. The third-order valence-corrected chi connectivity index (χ3v) is 8.70. The summed E-state index contributed by atoms with van der Waals surface area (Å²) in [6, 6.07) is 27.5. The third-order valence-electron chi connectivity index (χ3n) is 8.70. The minimum atomic E-state index is -0.0969. The Morgan fingerprint density at radius 1 is 0.756 bits per heavy atom. The molecule has 0 radical (unpaired) electrons. The minimum Gasteiger partial charge on any atom is -0.461 e. The second kappa shape index (κ2) is 10.8. The Kier molecular flexibility index (Phi) is 6.78. The number of aromatic nitrogens is 1. The first-order chi connectivity index (χ1) is 21.8. The van der Waals surface area contributed by atoms with Crippen molar-refractivity contribution in [3.8, 4) is 22.6 Å². The van der Waals surface area contributed by atoms with E-state index in [4.69, 9.17) is 8.83 Å². The molecule has 7 rings (SSSR count). The standard InChI is InChI=1S/C39H32N2O4/c1-6-9-25-19-37(44-24(25)3)27-12-14-32(23(2)16-27)40(4)34-21-31-35(18-29(34)22-42)41(5)33-15-13-28(17-30(33)39(31)43)38-20-26-10-7-8-11-36(26)45-38/h6-22H,1-5H3/b9-6-. The minimum absolute atomic E-state index is 0.0969. The fourth-order valence-corrected chi connectivity index (χ4v) is 6.30. The van der Waals surface area contributed by atoms with Crippen molar-refractivity contribution in [2.45, 2.75) is 20.8 Å². The summed E-state index contributed by atoms with van der Waals surface area (Å²) in [5, 5.41) is 2.13. The number of para-hydroxylation sites is 1. The Labute approximate surface area is 260 Å². The Balaban J connectivity index is 1.33. The normalized spacial score (nSPS) is 11.8. The van der Waals surface area contributed by atoms with E-state index >= 15 is 0 Å². The van der Waals surface area contributed by atoms with Gasteiger partial charge in [-0.25, -0.2) is 0 Å². The molecule has 0 aliphatic heterocycles. The fourth-order valence-electron chi connectivity index (χ4n) is 6.30. The van der Waals surface area contributed by atoms with E-state index in [0.29, 0.717) is 33.3 Å². The number of pyridine rings is 1. The fraction of sp³-hybridized carbons (Fsp3) is 0.128. The van der Waals surface area contributed by atoms with Crippen LogP contribution < -0.4 is 10.3 Å². The molecular weight excluding hydrogens is 560 g/mol. The lowest BCUT2D eigenvalue weighted by Gasteiger charge is -2.24. The number of aldehydes is 1. The van der Waals surface area contributed by atoms with Crippen molar-refractivity contribution >= 4 is 56.5 Å². The maximum Gasteiger partial charge on any atom is 0.197 e. The zero-order chi connectivity index (χ0) is 31.4. The molecule has 0 unspecified atom stereocenters. The second-order valence-corrected chi connectivity index (χ2v) is 11.5. The summed E-state index contributed by atoms with van der Waals surface area (Å²) >= 11 is 0. The smallest absolute Gasteiger partial charge is 0.197 e. The molecule has 0 aliphatic rings. The summed E-state index contributed by atoms with van der Waals surface area (Å²) in [7, 11) is 3.84. The molecule has 6 heteroatoms. The number of nitrogens with zero attached hydrogens (tertiary/aromatic N) is 2. The van der Waals surface area contributed by atoms with Gasteiger partial charge in [-0.15, -0.1) is 0 Å². The maximum atomic E-state index is 14.1. The van der Waals surface area contributed by atoms with Gasteiger partial charge in [0.1, 0.15) is 22.9 Å². The monoisotopic (exact) mass is 592 g/mol. The Bertz CT molecular complexity index is 2350. The van der Waals surface area contributed by atoms with Crippen molar-refractivity contribution in [1.82, 2.24) is 4.57 Å². The van der Waals surface area contributed by atoms with Crippen LogP contribution in [0.1, 0.15) is 34.2 Å². The first-order valence-corrected chi connectivity index (χ1v) is 14.9. The van der Waals surface area contributed by atoms with Gasteiger partial charge in [0, 0.05) is 58.2 Å². The highest BCUT2D eigenvalue weighted by atomic mass is 16.3. The van der Waals surface area contributed by atoms with Gasteiger partial charge in [0.05, 0.1) is 16.7 Å². The lowest BCUT2D eigenvalue weighted by atomic mass is 10.0. The quantitative estimate of drug-likeness (QED) is 0.142. The average Bonchev–Trinajstić information content (AvgIpc) is 3.66. The van der Waals surface area contributed by atoms with Gasteiger partial charge in [0.25, 0.3) is 0 Å². The molecule has 0 saturated heterocycles. The summed E-state index contributed by atoms with van der Waals surface area (Å²) < 4.78 is 14.1. The second-order valence-electron chi connectivity index (χ2n) is 11.5. The van der Waals surface area contributed by atoms with Gasteiger partial charge in [0.2, 0.25) is 0 Å². The van der Waals surface area contributed by atoms with Crippen LogP contribution in [0.15, 0.2) is 105 Å². The zero-order valence-electron chi connectivity index (χ0n) is 25.8. The number of aryl methyl sites for hydroxylation is 3. The van der Waals surface area contributed by atoms with E-state index in [1.165, 1.54) is 0 Å². The van der Waals surface area contributed by atoms with Crippen LogP contribution >= 0.6 is 0 Å². The van der Waals surface area contributed by atoms with E-state index < -0.39 is 0 Å². The highest BCUT2D eigenvalue weighted by Crippen LogP contribution is 2.36. The third kappa shape index (κ3) is 4.66. The average molecular weight is 593 g/mol. The molecule has 3 aromatic heterocycles. The van der Waals surface area contributed by atoms with Crippen LogP contribution in [-0.4, -0.2) is 17.9 Å². The first-order valence-electron chi connectivity index (χ1n) is 14.9. The van der Waals surface area contributed by atoms with E-state index in [-0.39, 0.29) is 5.43 Å².